The molecule has 0 aromatic heterocycles. The van der Waals surface area contributed by atoms with Gasteiger partial charge in [-0.3, -0.25) is 9.79 Å². The van der Waals surface area contributed by atoms with Crippen molar-refractivity contribution in [1.82, 2.24) is 4.90 Å². The summed E-state index contributed by atoms with van der Waals surface area (Å²) < 4.78 is 0. The Bertz CT molecular complexity index is 1160. The van der Waals surface area contributed by atoms with E-state index in [0.29, 0.717) is 11.8 Å². The average Bonchev–Trinajstić information content (AvgIpc) is 3.24. The van der Waals surface area contributed by atoms with Crippen molar-refractivity contribution in [2.75, 3.05) is 18.0 Å². The van der Waals surface area contributed by atoms with E-state index < -0.39 is 0 Å². The van der Waals surface area contributed by atoms with Gasteiger partial charge in [0, 0.05) is 43.2 Å². The van der Waals surface area contributed by atoms with Gasteiger partial charge in [0.15, 0.2) is 5.78 Å². The molecule has 2 aliphatic heterocycles. The van der Waals surface area contributed by atoms with Crippen LogP contribution in [0.3, 0.4) is 0 Å². The average molecular weight is 486 g/mol. The summed E-state index contributed by atoms with van der Waals surface area (Å²) in [5.41, 5.74) is 8.91. The summed E-state index contributed by atoms with van der Waals surface area (Å²) in [5.74, 6) is 0.199. The molecule has 4 rings (SSSR count). The third kappa shape index (κ3) is 5.43. The molecule has 4 nitrogen and oxygen atoms in total. The number of aliphatic imine (C=N–C) groups is 1. The van der Waals surface area contributed by atoms with Gasteiger partial charge in [-0.15, -0.1) is 0 Å². The largest absolute Gasteiger partial charge is 0.371 e. The van der Waals surface area contributed by atoms with Crippen molar-refractivity contribution in [2.45, 2.75) is 86.5 Å². The van der Waals surface area contributed by atoms with Gasteiger partial charge in [0.05, 0.1) is 17.1 Å². The highest BCUT2D eigenvalue weighted by atomic mass is 16.1. The highest BCUT2D eigenvalue weighted by Crippen LogP contribution is 2.42. The quantitative estimate of drug-likeness (QED) is 0.376. The maximum Gasteiger partial charge on any atom is 0.167 e. The Hall–Kier alpha value is -2.88. The number of nitrogens with zero attached hydrogens (tertiary/aromatic N) is 3. The van der Waals surface area contributed by atoms with Crippen LogP contribution in [0.4, 0.5) is 5.69 Å². The van der Waals surface area contributed by atoms with Crippen LogP contribution in [0, 0.1) is 5.41 Å². The Morgan fingerprint density at radius 1 is 1.14 bits per heavy atom. The third-order valence-corrected chi connectivity index (χ3v) is 7.92. The fraction of sp³-hybridized carbons (Fsp3) is 0.500. The van der Waals surface area contributed by atoms with Gasteiger partial charge in [0.25, 0.3) is 0 Å². The van der Waals surface area contributed by atoms with Crippen molar-refractivity contribution in [1.29, 1.82) is 0 Å². The summed E-state index contributed by atoms with van der Waals surface area (Å²) in [6, 6.07) is 6.74. The van der Waals surface area contributed by atoms with Gasteiger partial charge in [-0.05, 0) is 86.8 Å². The topological polar surface area (TPSA) is 35.9 Å². The molecule has 0 amide bonds. The zero-order chi connectivity index (χ0) is 25.9. The van der Waals surface area contributed by atoms with Crippen LogP contribution < -0.4 is 4.90 Å². The Kier molecular flexibility index (Phi) is 8.02. The van der Waals surface area contributed by atoms with Gasteiger partial charge in [-0.1, -0.05) is 45.8 Å². The summed E-state index contributed by atoms with van der Waals surface area (Å²) in [6.07, 6.45) is 16.2. The van der Waals surface area contributed by atoms with Crippen LogP contribution >= 0.6 is 0 Å². The van der Waals surface area contributed by atoms with Crippen molar-refractivity contribution in [3.63, 3.8) is 0 Å². The van der Waals surface area contributed by atoms with Crippen molar-refractivity contribution in [3.8, 4) is 0 Å². The molecule has 0 saturated carbocycles. The SMILES string of the molecule is CC/C=C1/C(C)=NC(C)=CN1/C=C(\C)C1=Cc2ccc(N3CCC(CCC)(CCC)C3)cc2CC1=O. The lowest BCUT2D eigenvalue weighted by atomic mass is 9.78. The van der Waals surface area contributed by atoms with E-state index in [0.717, 1.165) is 53.3 Å². The molecule has 1 aromatic carbocycles. The molecule has 0 atom stereocenters. The summed E-state index contributed by atoms with van der Waals surface area (Å²) in [5, 5.41) is 0. The molecule has 0 N–H and O–H groups in total. The molecule has 0 bridgehead atoms. The summed E-state index contributed by atoms with van der Waals surface area (Å²) in [7, 11) is 0. The molecule has 192 valence electrons. The minimum atomic E-state index is 0.199. The number of anilines is 1. The Balaban J connectivity index is 1.58. The van der Waals surface area contributed by atoms with Crippen LogP contribution in [-0.2, 0) is 11.2 Å². The molecule has 0 radical (unpaired) electrons. The van der Waals surface area contributed by atoms with E-state index in [1.54, 1.807) is 0 Å². The number of ketones is 1. The monoisotopic (exact) mass is 485 g/mol. The lowest BCUT2D eigenvalue weighted by molar-refractivity contribution is -0.114. The van der Waals surface area contributed by atoms with Crippen LogP contribution in [0.15, 0.2) is 64.2 Å². The van der Waals surface area contributed by atoms with E-state index in [-0.39, 0.29) is 5.78 Å². The van der Waals surface area contributed by atoms with Gasteiger partial charge in [-0.2, -0.15) is 0 Å². The fourth-order valence-electron chi connectivity index (χ4n) is 6.31. The van der Waals surface area contributed by atoms with E-state index >= 15 is 0 Å². The van der Waals surface area contributed by atoms with Crippen LogP contribution in [0.25, 0.3) is 6.08 Å². The molecule has 1 aliphatic carbocycles. The molecule has 0 unspecified atom stereocenters. The van der Waals surface area contributed by atoms with Crippen molar-refractivity contribution in [3.05, 3.63) is 70.3 Å². The molecule has 36 heavy (non-hydrogen) atoms. The highest BCUT2D eigenvalue weighted by Gasteiger charge is 2.36. The van der Waals surface area contributed by atoms with Gasteiger partial charge in [0.1, 0.15) is 0 Å². The minimum Gasteiger partial charge on any atom is -0.371 e. The normalized spacial score (nSPS) is 20.9. The molecule has 0 spiro atoms. The number of rotatable bonds is 8. The lowest BCUT2D eigenvalue weighted by Crippen LogP contribution is -2.27. The number of allylic oxidation sites excluding steroid dienone is 5. The summed E-state index contributed by atoms with van der Waals surface area (Å²) >= 11 is 0. The number of fused-ring (bicyclic) bond motifs is 1. The van der Waals surface area contributed by atoms with Crippen LogP contribution in [0.2, 0.25) is 0 Å². The van der Waals surface area contributed by atoms with Crippen LogP contribution in [0.1, 0.15) is 91.2 Å². The lowest BCUT2D eigenvalue weighted by Gasteiger charge is -2.30. The highest BCUT2D eigenvalue weighted by molar-refractivity contribution is 6.07. The standard InChI is InChI=1S/C32H43N3O/c1-7-10-30-25(6)33-24(5)21-35(30)20-23(4)29-18-26-11-12-28(17-27(26)19-31(29)36)34-16-15-32(22-34,13-8-2)14-9-3/h10-12,17-18,20-21H,7-9,13-16,19,22H2,1-6H3/b23-20+,30-10-. The van der Waals surface area contributed by atoms with E-state index in [9.17, 15) is 4.79 Å². The molecule has 4 heteroatoms. The molecule has 1 aromatic rings. The molecule has 3 aliphatic rings. The maximum absolute atomic E-state index is 13.3. The van der Waals surface area contributed by atoms with Gasteiger partial charge in [0.2, 0.25) is 0 Å². The summed E-state index contributed by atoms with van der Waals surface area (Å²) in [6.45, 7) is 15.1. The first-order chi connectivity index (χ1) is 17.3. The number of benzene rings is 1. The van der Waals surface area contributed by atoms with E-state index in [1.807, 2.05) is 27.0 Å². The number of carbonyl (C=O) groups is 1. The van der Waals surface area contributed by atoms with Gasteiger partial charge in [-0.25, -0.2) is 0 Å². The number of Topliss-reactive ketones (excluding diaryl/α,β-unsaturated/α-hetero) is 1. The van der Waals surface area contributed by atoms with Crippen LogP contribution in [-0.4, -0.2) is 29.5 Å². The smallest absolute Gasteiger partial charge is 0.167 e. The minimum absolute atomic E-state index is 0.199. The second kappa shape index (κ2) is 11.0. The molecular formula is C32H43N3O. The van der Waals surface area contributed by atoms with Crippen molar-refractivity contribution < 1.29 is 4.79 Å². The second-order valence-electron chi connectivity index (χ2n) is 10.9. The van der Waals surface area contributed by atoms with Crippen molar-refractivity contribution in [2.24, 2.45) is 10.4 Å². The van der Waals surface area contributed by atoms with Gasteiger partial charge < -0.3 is 9.80 Å². The van der Waals surface area contributed by atoms with Gasteiger partial charge >= 0.3 is 0 Å². The predicted molar refractivity (Wildman–Crippen MR) is 153 cm³/mol. The summed E-state index contributed by atoms with van der Waals surface area (Å²) in [4.78, 5) is 22.6. The van der Waals surface area contributed by atoms with E-state index in [1.165, 1.54) is 43.4 Å². The number of hydrogen-bond donors (Lipinski definition) is 0. The zero-order valence-corrected chi connectivity index (χ0v) is 23.2. The fourth-order valence-corrected chi connectivity index (χ4v) is 6.31. The second-order valence-corrected chi connectivity index (χ2v) is 10.9. The Morgan fingerprint density at radius 3 is 2.58 bits per heavy atom. The predicted octanol–water partition coefficient (Wildman–Crippen LogP) is 7.83. The molecule has 1 fully saturated rings. The Morgan fingerprint density at radius 2 is 1.89 bits per heavy atom. The van der Waals surface area contributed by atoms with Crippen LogP contribution in [0.5, 0.6) is 0 Å². The number of carbonyl (C=O) groups excluding carboxylic acids is 1. The van der Waals surface area contributed by atoms with Crippen molar-refractivity contribution >= 4 is 23.3 Å². The molecular weight excluding hydrogens is 442 g/mol. The first-order valence-electron chi connectivity index (χ1n) is 13.8. The maximum atomic E-state index is 13.3. The number of hydrogen-bond acceptors (Lipinski definition) is 4. The van der Waals surface area contributed by atoms with E-state index in [2.05, 4.69) is 72.1 Å². The molecule has 2 heterocycles. The Labute approximate surface area is 218 Å². The third-order valence-electron chi connectivity index (χ3n) is 7.92. The zero-order valence-electron chi connectivity index (χ0n) is 23.2. The van der Waals surface area contributed by atoms with E-state index in [4.69, 9.17) is 0 Å². The molecule has 1 saturated heterocycles. The first kappa shape index (κ1) is 26.2. The first-order valence-corrected chi connectivity index (χ1v) is 13.8.